The van der Waals surface area contributed by atoms with Crippen molar-refractivity contribution >= 4 is 28.8 Å². The number of carbonyl (C=O) groups excluding carboxylic acids is 2. The van der Waals surface area contributed by atoms with Crippen LogP contribution in [0.5, 0.6) is 0 Å². The lowest BCUT2D eigenvalue weighted by atomic mass is 9.61. The number of ketones is 1. The molecule has 1 aromatic carbocycles. The topological polar surface area (TPSA) is 87.5 Å². The predicted octanol–water partition coefficient (Wildman–Crippen LogP) is 1.85. The van der Waals surface area contributed by atoms with Crippen LogP contribution in [0, 0.1) is 23.2 Å². The summed E-state index contributed by atoms with van der Waals surface area (Å²) in [6.45, 7) is 4.84. The van der Waals surface area contributed by atoms with Crippen LogP contribution in [-0.4, -0.2) is 29.4 Å². The average Bonchev–Trinajstić information content (AvgIpc) is 3.14. The Balaban J connectivity index is 1.48. The molecule has 0 radical (unpaired) electrons. The first-order valence-electron chi connectivity index (χ1n) is 9.15. The van der Waals surface area contributed by atoms with Gasteiger partial charge in [-0.1, -0.05) is 26.0 Å². The summed E-state index contributed by atoms with van der Waals surface area (Å²) < 4.78 is 5.76. The Labute approximate surface area is 151 Å². The summed E-state index contributed by atoms with van der Waals surface area (Å²) in [5, 5.41) is 4.75. The fourth-order valence-electron chi connectivity index (χ4n) is 4.87. The molecule has 7 heteroatoms. The Morgan fingerprint density at radius 1 is 1.27 bits per heavy atom. The Morgan fingerprint density at radius 3 is 2.88 bits per heavy atom. The van der Waals surface area contributed by atoms with Crippen molar-refractivity contribution in [2.24, 2.45) is 23.2 Å². The lowest BCUT2D eigenvalue weighted by Crippen LogP contribution is -2.58. The standard InChI is InChI=1S/C19H22N4O3/c1-19(2)7-10-11(13(24)8-19)9-20-16-15(10)17(25)23(22-16)18-21-12-5-3-4-6-14(12)26-18/h3-6,10-11,15-16,20,22H,7-9H2,1-2H3. The van der Waals surface area contributed by atoms with E-state index in [0.29, 0.717) is 24.1 Å². The van der Waals surface area contributed by atoms with E-state index in [1.807, 2.05) is 24.3 Å². The molecule has 0 spiro atoms. The van der Waals surface area contributed by atoms with Gasteiger partial charge in [0.25, 0.3) is 5.91 Å². The molecule has 3 aliphatic rings. The number of anilines is 1. The number of nitrogens with one attached hydrogen (secondary N) is 2. The van der Waals surface area contributed by atoms with Crippen LogP contribution in [0.15, 0.2) is 28.7 Å². The minimum Gasteiger partial charge on any atom is -0.422 e. The molecule has 1 aliphatic carbocycles. The molecule has 5 rings (SSSR count). The van der Waals surface area contributed by atoms with Crippen LogP contribution >= 0.6 is 0 Å². The first-order chi connectivity index (χ1) is 12.4. The van der Waals surface area contributed by atoms with Crippen molar-refractivity contribution in [3.63, 3.8) is 0 Å². The largest absolute Gasteiger partial charge is 0.422 e. The SMILES string of the molecule is CC1(C)CC(=O)C2CNC3NN(c4nc5ccccc5o4)C(=O)C3C2C1. The van der Waals surface area contributed by atoms with Gasteiger partial charge in [-0.05, 0) is 29.9 Å². The van der Waals surface area contributed by atoms with E-state index in [2.05, 4.69) is 29.6 Å². The third-order valence-corrected chi connectivity index (χ3v) is 6.00. The molecule has 4 unspecified atom stereocenters. The molecule has 26 heavy (non-hydrogen) atoms. The predicted molar refractivity (Wildman–Crippen MR) is 94.9 cm³/mol. The van der Waals surface area contributed by atoms with Gasteiger partial charge in [0, 0.05) is 18.9 Å². The third-order valence-electron chi connectivity index (χ3n) is 6.00. The van der Waals surface area contributed by atoms with Crippen molar-refractivity contribution in [1.29, 1.82) is 0 Å². The molecule has 2 aromatic rings. The number of benzene rings is 1. The maximum Gasteiger partial charge on any atom is 0.320 e. The maximum atomic E-state index is 13.2. The number of carbonyl (C=O) groups is 2. The van der Waals surface area contributed by atoms with Crippen LogP contribution < -0.4 is 15.8 Å². The van der Waals surface area contributed by atoms with E-state index in [1.165, 1.54) is 5.01 Å². The van der Waals surface area contributed by atoms with E-state index in [-0.39, 0.29) is 47.0 Å². The van der Waals surface area contributed by atoms with Crippen molar-refractivity contribution < 1.29 is 14.0 Å². The first kappa shape index (κ1) is 16.0. The van der Waals surface area contributed by atoms with Gasteiger partial charge >= 0.3 is 6.01 Å². The normalized spacial score (nSPS) is 33.4. The quantitative estimate of drug-likeness (QED) is 0.813. The zero-order valence-corrected chi connectivity index (χ0v) is 14.9. The van der Waals surface area contributed by atoms with Crippen LogP contribution in [0.3, 0.4) is 0 Å². The van der Waals surface area contributed by atoms with Gasteiger partial charge in [0.15, 0.2) is 5.58 Å². The highest BCUT2D eigenvalue weighted by atomic mass is 16.4. The molecule has 1 saturated carbocycles. The highest BCUT2D eigenvalue weighted by molar-refractivity contribution is 5.97. The molecular weight excluding hydrogens is 332 g/mol. The van der Waals surface area contributed by atoms with Gasteiger partial charge in [0.1, 0.15) is 11.3 Å². The molecule has 4 atom stereocenters. The fourth-order valence-corrected chi connectivity index (χ4v) is 4.87. The summed E-state index contributed by atoms with van der Waals surface area (Å²) in [5.41, 5.74) is 4.50. The van der Waals surface area contributed by atoms with Gasteiger partial charge in [-0.25, -0.2) is 5.43 Å². The summed E-state index contributed by atoms with van der Waals surface area (Å²) in [4.78, 5) is 30.2. The number of piperidine rings is 1. The molecule has 7 nitrogen and oxygen atoms in total. The van der Waals surface area contributed by atoms with Crippen LogP contribution in [0.25, 0.3) is 11.1 Å². The van der Waals surface area contributed by atoms with E-state index >= 15 is 0 Å². The van der Waals surface area contributed by atoms with Crippen molar-refractivity contribution in [2.45, 2.75) is 32.9 Å². The molecule has 2 N–H and O–H groups in total. The Morgan fingerprint density at radius 2 is 2.08 bits per heavy atom. The number of hydrazine groups is 1. The summed E-state index contributed by atoms with van der Waals surface area (Å²) in [7, 11) is 0. The van der Waals surface area contributed by atoms with Crippen molar-refractivity contribution in [3.8, 4) is 0 Å². The smallest absolute Gasteiger partial charge is 0.320 e. The second-order valence-corrected chi connectivity index (χ2v) is 8.46. The Bertz CT molecular complexity index is 872. The Kier molecular flexibility index (Phi) is 3.30. The molecule has 1 aromatic heterocycles. The molecule has 2 aliphatic heterocycles. The second kappa shape index (κ2) is 5.37. The summed E-state index contributed by atoms with van der Waals surface area (Å²) in [6, 6.07) is 7.70. The van der Waals surface area contributed by atoms with E-state index in [0.717, 1.165) is 6.42 Å². The highest BCUT2D eigenvalue weighted by Gasteiger charge is 2.55. The van der Waals surface area contributed by atoms with E-state index < -0.39 is 0 Å². The molecule has 3 fully saturated rings. The Hall–Kier alpha value is -2.25. The van der Waals surface area contributed by atoms with E-state index in [4.69, 9.17) is 4.42 Å². The minimum absolute atomic E-state index is 0.0480. The minimum atomic E-state index is -0.285. The number of aromatic nitrogens is 1. The number of rotatable bonds is 1. The number of nitrogens with zero attached hydrogens (tertiary/aromatic N) is 2. The fraction of sp³-hybridized carbons (Fsp3) is 0.526. The summed E-state index contributed by atoms with van der Waals surface area (Å²) in [6.07, 6.45) is 1.27. The summed E-state index contributed by atoms with van der Waals surface area (Å²) in [5.74, 6) is -0.127. The average molecular weight is 354 g/mol. The molecule has 1 amide bonds. The van der Waals surface area contributed by atoms with Crippen molar-refractivity contribution in [3.05, 3.63) is 24.3 Å². The van der Waals surface area contributed by atoms with Crippen LogP contribution in [0.1, 0.15) is 26.7 Å². The van der Waals surface area contributed by atoms with E-state index in [9.17, 15) is 9.59 Å². The molecular formula is C19H22N4O3. The highest BCUT2D eigenvalue weighted by Crippen LogP contribution is 2.47. The lowest BCUT2D eigenvalue weighted by molar-refractivity contribution is -0.137. The van der Waals surface area contributed by atoms with Gasteiger partial charge in [0.05, 0.1) is 12.1 Å². The van der Waals surface area contributed by atoms with Crippen molar-refractivity contribution in [1.82, 2.24) is 15.7 Å². The van der Waals surface area contributed by atoms with Crippen molar-refractivity contribution in [2.75, 3.05) is 11.6 Å². The molecule has 0 bridgehead atoms. The number of Topliss-reactive ketones (excluding diaryl/α,β-unsaturated/α-hetero) is 1. The number of fused-ring (bicyclic) bond motifs is 4. The van der Waals surface area contributed by atoms with Gasteiger partial charge in [-0.15, -0.1) is 0 Å². The van der Waals surface area contributed by atoms with Gasteiger partial charge < -0.3 is 4.42 Å². The first-order valence-corrected chi connectivity index (χ1v) is 9.15. The number of hydrogen-bond acceptors (Lipinski definition) is 6. The lowest BCUT2D eigenvalue weighted by Gasteiger charge is -2.46. The zero-order valence-electron chi connectivity index (χ0n) is 14.9. The third kappa shape index (κ3) is 2.30. The number of amides is 1. The zero-order chi connectivity index (χ0) is 18.1. The second-order valence-electron chi connectivity index (χ2n) is 8.46. The molecule has 3 heterocycles. The van der Waals surface area contributed by atoms with Gasteiger partial charge in [0.2, 0.25) is 0 Å². The van der Waals surface area contributed by atoms with Gasteiger partial charge in [-0.3, -0.25) is 14.9 Å². The number of para-hydroxylation sites is 2. The van der Waals surface area contributed by atoms with E-state index in [1.54, 1.807) is 0 Å². The van der Waals surface area contributed by atoms with Gasteiger partial charge in [-0.2, -0.15) is 9.99 Å². The summed E-state index contributed by atoms with van der Waals surface area (Å²) >= 11 is 0. The maximum absolute atomic E-state index is 13.2. The van der Waals surface area contributed by atoms with Crippen LogP contribution in [0.4, 0.5) is 6.01 Å². The monoisotopic (exact) mass is 354 g/mol. The van der Waals surface area contributed by atoms with Crippen LogP contribution in [-0.2, 0) is 9.59 Å². The number of hydrogen-bond donors (Lipinski definition) is 2. The number of oxazole rings is 1. The molecule has 136 valence electrons. The molecule has 2 saturated heterocycles. The van der Waals surface area contributed by atoms with Crippen LogP contribution in [0.2, 0.25) is 0 Å².